The van der Waals surface area contributed by atoms with Crippen LogP contribution in [0.15, 0.2) is 24.5 Å². The van der Waals surface area contributed by atoms with E-state index in [0.717, 1.165) is 37.1 Å². The summed E-state index contributed by atoms with van der Waals surface area (Å²) < 4.78 is 41.2. The molecular weight excluding hydrogens is 345 g/mol. The van der Waals surface area contributed by atoms with Crippen molar-refractivity contribution in [3.05, 3.63) is 47.0 Å². The van der Waals surface area contributed by atoms with Gasteiger partial charge in [0.15, 0.2) is 0 Å². The summed E-state index contributed by atoms with van der Waals surface area (Å²) in [5.41, 5.74) is 2.25. The molecule has 0 aliphatic heterocycles. The summed E-state index contributed by atoms with van der Waals surface area (Å²) in [5, 5.41) is 0.185. The second kappa shape index (κ2) is 5.48. The first-order valence-electron chi connectivity index (χ1n) is 6.82. The maximum absolute atomic E-state index is 13.2. The Labute approximate surface area is 129 Å². The zero-order valence-corrected chi connectivity index (χ0v) is 12.8. The predicted octanol–water partition coefficient (Wildman–Crippen LogP) is 4.66. The van der Waals surface area contributed by atoms with E-state index in [1.54, 1.807) is 17.0 Å². The number of rotatable bonds is 2. The molecule has 1 aromatic carbocycles. The van der Waals surface area contributed by atoms with E-state index in [4.69, 9.17) is 0 Å². The van der Waals surface area contributed by atoms with Gasteiger partial charge in [-0.15, -0.1) is 0 Å². The molecule has 0 radical (unpaired) electrons. The van der Waals surface area contributed by atoms with Gasteiger partial charge in [0.1, 0.15) is 0 Å². The second-order valence-electron chi connectivity index (χ2n) is 5.19. The van der Waals surface area contributed by atoms with Crippen molar-refractivity contribution in [2.75, 3.05) is 0 Å². The summed E-state index contributed by atoms with van der Waals surface area (Å²) >= 11 is 3.12. The van der Waals surface area contributed by atoms with Crippen molar-refractivity contribution in [3.63, 3.8) is 0 Å². The van der Waals surface area contributed by atoms with Crippen LogP contribution in [0.2, 0.25) is 0 Å². The van der Waals surface area contributed by atoms with Crippen molar-refractivity contribution in [1.82, 2.24) is 9.55 Å². The van der Waals surface area contributed by atoms with Crippen molar-refractivity contribution in [2.24, 2.45) is 0 Å². The van der Waals surface area contributed by atoms with E-state index in [1.165, 1.54) is 12.1 Å². The second-order valence-corrected chi connectivity index (χ2v) is 5.75. The third-order valence-corrected chi connectivity index (χ3v) is 4.46. The average Bonchev–Trinajstić information content (AvgIpc) is 2.89. The third kappa shape index (κ3) is 2.73. The van der Waals surface area contributed by atoms with E-state index >= 15 is 0 Å². The zero-order valence-electron chi connectivity index (χ0n) is 11.3. The Kier molecular flexibility index (Phi) is 3.82. The van der Waals surface area contributed by atoms with Gasteiger partial charge >= 0.3 is 6.18 Å². The fourth-order valence-electron chi connectivity index (χ4n) is 2.79. The standard InChI is InChI=1S/C15H14BrF3N2/c16-8-10-5-6-11(7-12(10)15(17,18)19)21-9-20-13-3-1-2-4-14(13)21/h5-7,9H,1-4,8H2. The molecule has 1 aliphatic rings. The van der Waals surface area contributed by atoms with Crippen molar-refractivity contribution in [2.45, 2.75) is 37.2 Å². The Morgan fingerprint density at radius 3 is 2.67 bits per heavy atom. The fraction of sp³-hybridized carbons (Fsp3) is 0.400. The highest BCUT2D eigenvalue weighted by molar-refractivity contribution is 9.08. The SMILES string of the molecule is FC(F)(F)c1cc(-n2cnc3c2CCCC3)ccc1CBr. The molecule has 2 aromatic rings. The minimum atomic E-state index is -4.35. The lowest BCUT2D eigenvalue weighted by Crippen LogP contribution is -2.11. The molecule has 0 atom stereocenters. The van der Waals surface area contributed by atoms with Crippen molar-refractivity contribution in [3.8, 4) is 5.69 Å². The van der Waals surface area contributed by atoms with Gasteiger partial charge in [0.25, 0.3) is 0 Å². The van der Waals surface area contributed by atoms with Crippen LogP contribution in [-0.2, 0) is 24.3 Å². The van der Waals surface area contributed by atoms with Crippen LogP contribution < -0.4 is 0 Å². The quantitative estimate of drug-likeness (QED) is 0.713. The number of benzene rings is 1. The average molecular weight is 359 g/mol. The topological polar surface area (TPSA) is 17.8 Å². The lowest BCUT2D eigenvalue weighted by atomic mass is 10.0. The summed E-state index contributed by atoms with van der Waals surface area (Å²) in [6.45, 7) is 0. The Bertz CT molecular complexity index is 661. The molecule has 0 amide bonds. The van der Waals surface area contributed by atoms with Gasteiger partial charge in [0.05, 0.1) is 17.6 Å². The summed E-state index contributed by atoms with van der Waals surface area (Å²) in [5.74, 6) is 0. The van der Waals surface area contributed by atoms with Crippen LogP contribution in [0.4, 0.5) is 13.2 Å². The first-order chi connectivity index (χ1) is 10.0. The highest BCUT2D eigenvalue weighted by atomic mass is 79.9. The lowest BCUT2D eigenvalue weighted by molar-refractivity contribution is -0.138. The Hall–Kier alpha value is -1.30. The molecular formula is C15H14BrF3N2. The molecule has 0 unspecified atom stereocenters. The van der Waals surface area contributed by atoms with E-state index in [1.807, 2.05) is 0 Å². The Morgan fingerprint density at radius 2 is 1.95 bits per heavy atom. The van der Waals surface area contributed by atoms with E-state index < -0.39 is 11.7 Å². The fourth-order valence-corrected chi connectivity index (χ4v) is 3.28. The molecule has 0 N–H and O–H groups in total. The van der Waals surface area contributed by atoms with Gasteiger partial charge in [0, 0.05) is 16.7 Å². The van der Waals surface area contributed by atoms with Crippen molar-refractivity contribution >= 4 is 15.9 Å². The van der Waals surface area contributed by atoms with Crippen LogP contribution in [0.25, 0.3) is 5.69 Å². The molecule has 0 spiro atoms. The van der Waals surface area contributed by atoms with Crippen molar-refractivity contribution < 1.29 is 13.2 Å². The van der Waals surface area contributed by atoms with Crippen LogP contribution in [0.3, 0.4) is 0 Å². The zero-order chi connectivity index (χ0) is 15.0. The van der Waals surface area contributed by atoms with Crippen LogP contribution in [0.5, 0.6) is 0 Å². The van der Waals surface area contributed by atoms with E-state index in [0.29, 0.717) is 5.69 Å². The molecule has 0 bridgehead atoms. The summed E-state index contributed by atoms with van der Waals surface area (Å²) in [7, 11) is 0. The molecule has 0 saturated heterocycles. The number of aromatic nitrogens is 2. The third-order valence-electron chi connectivity index (χ3n) is 3.85. The van der Waals surface area contributed by atoms with Gasteiger partial charge in [-0.1, -0.05) is 22.0 Å². The van der Waals surface area contributed by atoms with Gasteiger partial charge in [0.2, 0.25) is 0 Å². The van der Waals surface area contributed by atoms with E-state index in [-0.39, 0.29) is 10.9 Å². The van der Waals surface area contributed by atoms with Crippen molar-refractivity contribution in [1.29, 1.82) is 0 Å². The molecule has 6 heteroatoms. The number of nitrogens with zero attached hydrogens (tertiary/aromatic N) is 2. The highest BCUT2D eigenvalue weighted by Crippen LogP contribution is 2.35. The number of halogens is 4. The molecule has 2 nitrogen and oxygen atoms in total. The van der Waals surface area contributed by atoms with E-state index in [2.05, 4.69) is 20.9 Å². The van der Waals surface area contributed by atoms with E-state index in [9.17, 15) is 13.2 Å². The van der Waals surface area contributed by atoms with Crippen LogP contribution in [-0.4, -0.2) is 9.55 Å². The van der Waals surface area contributed by atoms with Gasteiger partial charge in [-0.2, -0.15) is 13.2 Å². The summed E-state index contributed by atoms with van der Waals surface area (Å²) in [6.07, 6.45) is 1.23. The maximum Gasteiger partial charge on any atom is 0.416 e. The summed E-state index contributed by atoms with van der Waals surface area (Å²) in [4.78, 5) is 4.34. The molecule has 0 fully saturated rings. The number of hydrogen-bond donors (Lipinski definition) is 0. The van der Waals surface area contributed by atoms with Gasteiger partial charge in [-0.25, -0.2) is 4.98 Å². The first-order valence-corrected chi connectivity index (χ1v) is 7.94. The normalized spacial score (nSPS) is 15.0. The first kappa shape index (κ1) is 14.6. The predicted molar refractivity (Wildman–Crippen MR) is 77.8 cm³/mol. The number of imidazole rings is 1. The molecule has 112 valence electrons. The lowest BCUT2D eigenvalue weighted by Gasteiger charge is -2.17. The van der Waals surface area contributed by atoms with Gasteiger partial charge in [-0.05, 0) is 43.4 Å². The molecule has 0 saturated carbocycles. The van der Waals surface area contributed by atoms with Crippen LogP contribution >= 0.6 is 15.9 Å². The monoisotopic (exact) mass is 358 g/mol. The molecule has 1 aromatic heterocycles. The Morgan fingerprint density at radius 1 is 1.19 bits per heavy atom. The number of fused-ring (bicyclic) bond motifs is 1. The number of hydrogen-bond acceptors (Lipinski definition) is 1. The van der Waals surface area contributed by atoms with Crippen LogP contribution in [0.1, 0.15) is 35.4 Å². The van der Waals surface area contributed by atoms with Crippen LogP contribution in [0, 0.1) is 0 Å². The minimum absolute atomic E-state index is 0.185. The Balaban J connectivity index is 2.09. The smallest absolute Gasteiger partial charge is 0.303 e. The summed E-state index contributed by atoms with van der Waals surface area (Å²) in [6, 6.07) is 4.47. The molecule has 1 aliphatic carbocycles. The molecule has 21 heavy (non-hydrogen) atoms. The number of alkyl halides is 4. The minimum Gasteiger partial charge on any atom is -0.303 e. The molecule has 1 heterocycles. The van der Waals surface area contributed by atoms with Gasteiger partial charge in [-0.3, -0.25) is 0 Å². The number of aryl methyl sites for hydroxylation is 1. The molecule has 3 rings (SSSR count). The highest BCUT2D eigenvalue weighted by Gasteiger charge is 2.33. The van der Waals surface area contributed by atoms with Gasteiger partial charge < -0.3 is 4.57 Å². The largest absolute Gasteiger partial charge is 0.416 e. The maximum atomic E-state index is 13.2.